The van der Waals surface area contributed by atoms with Gasteiger partial charge in [0.15, 0.2) is 16.7 Å². The van der Waals surface area contributed by atoms with Gasteiger partial charge in [-0.25, -0.2) is 14.2 Å². The Morgan fingerprint density at radius 3 is 2.77 bits per heavy atom. The van der Waals surface area contributed by atoms with Crippen molar-refractivity contribution < 1.29 is 13.9 Å². The van der Waals surface area contributed by atoms with E-state index in [1.807, 2.05) is 0 Å². The second-order valence-electron chi connectivity index (χ2n) is 6.58. The van der Waals surface area contributed by atoms with E-state index in [1.54, 1.807) is 18.4 Å². The molecule has 31 heavy (non-hydrogen) atoms. The average molecular weight is 440 g/mol. The zero-order chi connectivity index (χ0) is 22.1. The molecule has 0 unspecified atom stereocenters. The summed E-state index contributed by atoms with van der Waals surface area (Å²) >= 11 is 1.19. The van der Waals surface area contributed by atoms with Crippen molar-refractivity contribution in [2.24, 2.45) is 0 Å². The monoisotopic (exact) mass is 440 g/mol. The predicted molar refractivity (Wildman–Crippen MR) is 117 cm³/mol. The molecule has 0 bridgehead atoms. The Balaban J connectivity index is 1.59. The number of halogens is 1. The minimum atomic E-state index is -0.533. The Hall–Kier alpha value is -3.79. The summed E-state index contributed by atoms with van der Waals surface area (Å²) in [6.07, 6.45) is 0. The summed E-state index contributed by atoms with van der Waals surface area (Å²) in [4.78, 5) is 44.0. The second-order valence-corrected chi connectivity index (χ2v) is 7.44. The third-order valence-corrected chi connectivity index (χ3v) is 5.49. The number of benzene rings is 2. The number of amides is 1. The van der Waals surface area contributed by atoms with Gasteiger partial charge in [0, 0.05) is 23.1 Å². The number of methoxy groups -OCH3 is 1. The van der Waals surface area contributed by atoms with Crippen LogP contribution in [0.25, 0.3) is 22.2 Å². The molecule has 2 N–H and O–H groups in total. The van der Waals surface area contributed by atoms with Crippen molar-refractivity contribution >= 4 is 33.3 Å². The highest BCUT2D eigenvalue weighted by atomic mass is 32.1. The standard InChI is InChI=1S/C21H17FN4O4S/c1-3-26-19(28)13-6-4-12(9-15(13)24-21(26)29)18(27)25-20-23-16(10-31-20)11-5-7-17(30-2)14(22)8-11/h4-10H,3H2,1-2H3,(H,24,29)(H,23,25,27). The van der Waals surface area contributed by atoms with Crippen LogP contribution in [0, 0.1) is 5.82 Å². The summed E-state index contributed by atoms with van der Waals surface area (Å²) in [5, 5.41) is 5.01. The number of aromatic amines is 1. The molecule has 0 aliphatic carbocycles. The highest BCUT2D eigenvalue weighted by molar-refractivity contribution is 7.14. The van der Waals surface area contributed by atoms with Crippen LogP contribution in [0.1, 0.15) is 17.3 Å². The lowest BCUT2D eigenvalue weighted by atomic mass is 10.1. The third kappa shape index (κ3) is 3.84. The zero-order valence-corrected chi connectivity index (χ0v) is 17.4. The highest BCUT2D eigenvalue weighted by Crippen LogP contribution is 2.28. The van der Waals surface area contributed by atoms with Gasteiger partial charge in [0.05, 0.1) is 23.7 Å². The summed E-state index contributed by atoms with van der Waals surface area (Å²) < 4.78 is 19.9. The van der Waals surface area contributed by atoms with Crippen molar-refractivity contribution in [3.8, 4) is 17.0 Å². The van der Waals surface area contributed by atoms with Crippen LogP contribution < -0.4 is 21.3 Å². The fraction of sp³-hybridized carbons (Fsp3) is 0.143. The first-order valence-electron chi connectivity index (χ1n) is 9.29. The number of nitrogens with zero attached hydrogens (tertiary/aromatic N) is 2. The van der Waals surface area contributed by atoms with Crippen molar-refractivity contribution in [3.63, 3.8) is 0 Å². The molecule has 0 saturated heterocycles. The second kappa shape index (κ2) is 8.15. The minimum Gasteiger partial charge on any atom is -0.494 e. The number of H-pyrrole nitrogens is 1. The SMILES string of the molecule is CCn1c(=O)[nH]c2cc(C(=O)Nc3nc(-c4ccc(OC)c(F)c4)cs3)ccc2c1=O. The number of rotatable bonds is 5. The van der Waals surface area contributed by atoms with Crippen molar-refractivity contribution in [1.82, 2.24) is 14.5 Å². The molecule has 158 valence electrons. The van der Waals surface area contributed by atoms with Gasteiger partial charge in [-0.1, -0.05) is 0 Å². The predicted octanol–water partition coefficient (Wildman–Crippen LogP) is 3.23. The Labute approximate surface area is 179 Å². The topological polar surface area (TPSA) is 106 Å². The molecule has 0 aliphatic rings. The fourth-order valence-corrected chi connectivity index (χ4v) is 3.86. The Morgan fingerprint density at radius 2 is 2.06 bits per heavy atom. The summed E-state index contributed by atoms with van der Waals surface area (Å²) in [5.41, 5.74) is 0.638. The van der Waals surface area contributed by atoms with Gasteiger partial charge < -0.3 is 9.72 Å². The first-order chi connectivity index (χ1) is 14.9. The molecule has 2 aromatic carbocycles. The number of fused-ring (bicyclic) bond motifs is 1. The van der Waals surface area contributed by atoms with Gasteiger partial charge in [0.2, 0.25) is 0 Å². The maximum absolute atomic E-state index is 13.9. The Kier molecular flexibility index (Phi) is 5.38. The molecule has 2 heterocycles. The van der Waals surface area contributed by atoms with E-state index in [2.05, 4.69) is 15.3 Å². The maximum Gasteiger partial charge on any atom is 0.328 e. The molecule has 4 aromatic rings. The molecule has 0 saturated carbocycles. The van der Waals surface area contributed by atoms with Gasteiger partial charge >= 0.3 is 5.69 Å². The van der Waals surface area contributed by atoms with Gasteiger partial charge in [-0.05, 0) is 43.3 Å². The van der Waals surface area contributed by atoms with E-state index in [-0.39, 0.29) is 23.4 Å². The molecule has 0 atom stereocenters. The molecular weight excluding hydrogens is 423 g/mol. The molecule has 0 spiro atoms. The van der Waals surface area contributed by atoms with Gasteiger partial charge in [0.1, 0.15) is 0 Å². The normalized spacial score (nSPS) is 10.9. The smallest absolute Gasteiger partial charge is 0.328 e. The van der Waals surface area contributed by atoms with Crippen LogP contribution in [0.15, 0.2) is 51.4 Å². The lowest BCUT2D eigenvalue weighted by Gasteiger charge is -2.06. The summed E-state index contributed by atoms with van der Waals surface area (Å²) in [6.45, 7) is 1.95. The Morgan fingerprint density at radius 1 is 1.26 bits per heavy atom. The van der Waals surface area contributed by atoms with E-state index in [9.17, 15) is 18.8 Å². The van der Waals surface area contributed by atoms with Crippen LogP contribution in [-0.4, -0.2) is 27.6 Å². The lowest BCUT2D eigenvalue weighted by Crippen LogP contribution is -2.34. The number of ether oxygens (including phenoxy) is 1. The van der Waals surface area contributed by atoms with E-state index in [1.165, 1.54) is 48.8 Å². The fourth-order valence-electron chi connectivity index (χ4n) is 3.14. The summed E-state index contributed by atoms with van der Waals surface area (Å²) in [6, 6.07) is 8.94. The van der Waals surface area contributed by atoms with Crippen LogP contribution in [-0.2, 0) is 6.54 Å². The number of nitrogens with one attached hydrogen (secondary N) is 2. The molecule has 0 fully saturated rings. The molecule has 0 radical (unpaired) electrons. The van der Waals surface area contributed by atoms with Crippen LogP contribution in [0.3, 0.4) is 0 Å². The Bertz CT molecular complexity index is 1420. The summed E-state index contributed by atoms with van der Waals surface area (Å²) in [7, 11) is 1.39. The molecule has 8 nitrogen and oxygen atoms in total. The van der Waals surface area contributed by atoms with Crippen LogP contribution in [0.4, 0.5) is 9.52 Å². The molecule has 10 heteroatoms. The highest BCUT2D eigenvalue weighted by Gasteiger charge is 2.14. The minimum absolute atomic E-state index is 0.132. The number of carbonyl (C=O) groups is 1. The number of hydrogen-bond acceptors (Lipinski definition) is 6. The van der Waals surface area contributed by atoms with E-state index in [0.717, 1.165) is 4.57 Å². The van der Waals surface area contributed by atoms with Gasteiger partial charge in [-0.3, -0.25) is 19.5 Å². The number of aromatic nitrogens is 3. The quantitative estimate of drug-likeness (QED) is 0.496. The van der Waals surface area contributed by atoms with E-state index in [0.29, 0.717) is 21.8 Å². The molecular formula is C21H17FN4O4S. The third-order valence-electron chi connectivity index (χ3n) is 4.73. The van der Waals surface area contributed by atoms with Crippen LogP contribution >= 0.6 is 11.3 Å². The van der Waals surface area contributed by atoms with E-state index in [4.69, 9.17) is 4.74 Å². The van der Waals surface area contributed by atoms with Gasteiger partial charge in [-0.15, -0.1) is 11.3 Å². The first kappa shape index (κ1) is 20.5. The van der Waals surface area contributed by atoms with Gasteiger partial charge in [0.25, 0.3) is 11.5 Å². The number of hydrogen-bond donors (Lipinski definition) is 2. The molecule has 0 aliphatic heterocycles. The largest absolute Gasteiger partial charge is 0.494 e. The van der Waals surface area contributed by atoms with Crippen molar-refractivity contribution in [2.75, 3.05) is 12.4 Å². The van der Waals surface area contributed by atoms with Crippen molar-refractivity contribution in [2.45, 2.75) is 13.5 Å². The number of carbonyl (C=O) groups excluding carboxylic acids is 1. The first-order valence-corrected chi connectivity index (χ1v) is 10.2. The van der Waals surface area contributed by atoms with E-state index >= 15 is 0 Å². The molecule has 4 rings (SSSR count). The average Bonchev–Trinajstić information content (AvgIpc) is 3.22. The lowest BCUT2D eigenvalue weighted by molar-refractivity contribution is 0.102. The van der Waals surface area contributed by atoms with Crippen LogP contribution in [0.5, 0.6) is 5.75 Å². The van der Waals surface area contributed by atoms with Crippen molar-refractivity contribution in [1.29, 1.82) is 0 Å². The van der Waals surface area contributed by atoms with Gasteiger partial charge in [-0.2, -0.15) is 0 Å². The summed E-state index contributed by atoms with van der Waals surface area (Å²) in [5.74, 6) is -0.831. The molecule has 2 aromatic heterocycles. The zero-order valence-electron chi connectivity index (χ0n) is 16.6. The maximum atomic E-state index is 13.9. The van der Waals surface area contributed by atoms with E-state index < -0.39 is 23.0 Å². The van der Waals surface area contributed by atoms with Crippen molar-refractivity contribution in [3.05, 3.63) is 74.0 Å². The number of thiazole rings is 1. The molecule has 1 amide bonds. The number of anilines is 1. The van der Waals surface area contributed by atoms with Crippen LogP contribution in [0.2, 0.25) is 0 Å².